The summed E-state index contributed by atoms with van der Waals surface area (Å²) < 4.78 is 20.6. The van der Waals surface area contributed by atoms with Crippen LogP contribution < -0.4 is 15.8 Å². The van der Waals surface area contributed by atoms with Crippen LogP contribution in [-0.2, 0) is 11.2 Å². The number of benzene rings is 1. The molecule has 1 fully saturated rings. The third-order valence-corrected chi connectivity index (χ3v) is 6.26. The second-order valence-electron chi connectivity index (χ2n) is 9.04. The number of fused-ring (bicyclic) bond motifs is 1. The van der Waals surface area contributed by atoms with Crippen molar-refractivity contribution in [2.45, 2.75) is 44.7 Å². The second kappa shape index (κ2) is 8.88. The van der Waals surface area contributed by atoms with Crippen LogP contribution >= 0.6 is 0 Å². The van der Waals surface area contributed by atoms with Crippen LogP contribution in [0.5, 0.6) is 11.5 Å². The monoisotopic (exact) mass is 439 g/mol. The molecule has 8 heteroatoms. The van der Waals surface area contributed by atoms with E-state index < -0.39 is 11.9 Å². The first kappa shape index (κ1) is 22.2. The minimum atomic E-state index is -0.750. The number of ether oxygens (including phenoxy) is 1. The quantitative estimate of drug-likeness (QED) is 0.548. The standard InChI is InChI=1S/C24H30FN5O2/c1-15-14-28-22-21(15)20(6-9-27-22)32-19-5-4-16(12-17(19)25)13-18(26)23(31)29-24(2)7-10-30(3)11-8-24/h4-6,9,12,14,18H,7-8,10-11,13,26H2,1-3H3,(H,27,28)(H,29,31)/t18-/m0/s1. The average molecular weight is 440 g/mol. The third kappa shape index (κ3) is 4.76. The number of nitrogens with zero attached hydrogens (tertiary/aromatic N) is 2. The fourth-order valence-electron chi connectivity index (χ4n) is 4.11. The third-order valence-electron chi connectivity index (χ3n) is 6.26. The number of aromatic nitrogens is 2. The van der Waals surface area contributed by atoms with Crippen LogP contribution in [0.3, 0.4) is 0 Å². The van der Waals surface area contributed by atoms with Gasteiger partial charge in [-0.3, -0.25) is 4.79 Å². The Labute approximate surface area is 187 Å². The van der Waals surface area contributed by atoms with Gasteiger partial charge in [-0.2, -0.15) is 0 Å². The first-order chi connectivity index (χ1) is 15.2. The van der Waals surface area contributed by atoms with Crippen molar-refractivity contribution in [1.82, 2.24) is 20.2 Å². The molecule has 2 aromatic heterocycles. The number of aryl methyl sites for hydroxylation is 1. The van der Waals surface area contributed by atoms with Gasteiger partial charge in [-0.15, -0.1) is 0 Å². The summed E-state index contributed by atoms with van der Waals surface area (Å²) in [6.07, 6.45) is 5.46. The van der Waals surface area contributed by atoms with Gasteiger partial charge in [0.05, 0.1) is 11.4 Å². The normalized spacial score (nSPS) is 17.3. The van der Waals surface area contributed by atoms with Gasteiger partial charge in [0.2, 0.25) is 5.91 Å². The Bertz CT molecular complexity index is 1120. The molecule has 170 valence electrons. The zero-order chi connectivity index (χ0) is 22.9. The van der Waals surface area contributed by atoms with Gasteiger partial charge in [0.25, 0.3) is 0 Å². The molecular weight excluding hydrogens is 409 g/mol. The van der Waals surface area contributed by atoms with E-state index in [1.54, 1.807) is 24.4 Å². The van der Waals surface area contributed by atoms with E-state index in [2.05, 4.69) is 34.2 Å². The van der Waals surface area contributed by atoms with Gasteiger partial charge >= 0.3 is 0 Å². The first-order valence-electron chi connectivity index (χ1n) is 10.9. The van der Waals surface area contributed by atoms with Crippen LogP contribution in [0.4, 0.5) is 4.39 Å². The summed E-state index contributed by atoms with van der Waals surface area (Å²) in [5.41, 5.74) is 8.19. The molecule has 3 aromatic rings. The first-order valence-corrected chi connectivity index (χ1v) is 10.9. The number of piperidine rings is 1. The summed E-state index contributed by atoms with van der Waals surface area (Å²) in [7, 11) is 2.08. The number of carbonyl (C=O) groups excluding carboxylic acids is 1. The Morgan fingerprint density at radius 3 is 2.81 bits per heavy atom. The molecule has 4 rings (SSSR count). The van der Waals surface area contributed by atoms with Gasteiger partial charge in [0.1, 0.15) is 11.4 Å². The Hall–Kier alpha value is -2.97. The van der Waals surface area contributed by atoms with Crippen LogP contribution in [0.25, 0.3) is 11.0 Å². The predicted octanol–water partition coefficient (Wildman–Crippen LogP) is 3.27. The lowest BCUT2D eigenvalue weighted by molar-refractivity contribution is -0.124. The molecule has 0 aliphatic carbocycles. The number of hydrogen-bond donors (Lipinski definition) is 3. The summed E-state index contributed by atoms with van der Waals surface area (Å²) in [4.78, 5) is 22.2. The molecule has 4 N–H and O–H groups in total. The number of nitrogens with two attached hydrogens (primary N) is 1. The Morgan fingerprint density at radius 1 is 1.34 bits per heavy atom. The minimum Gasteiger partial charge on any atom is -0.453 e. The summed E-state index contributed by atoms with van der Waals surface area (Å²) >= 11 is 0. The minimum absolute atomic E-state index is 0.110. The fourth-order valence-corrected chi connectivity index (χ4v) is 4.11. The van der Waals surface area contributed by atoms with E-state index in [-0.39, 0.29) is 23.6 Å². The van der Waals surface area contributed by atoms with E-state index >= 15 is 0 Å². The highest BCUT2D eigenvalue weighted by Crippen LogP contribution is 2.32. The predicted molar refractivity (Wildman–Crippen MR) is 122 cm³/mol. The molecule has 1 aromatic carbocycles. The zero-order valence-corrected chi connectivity index (χ0v) is 18.7. The molecule has 32 heavy (non-hydrogen) atoms. The van der Waals surface area contributed by atoms with Gasteiger partial charge in [0, 0.05) is 31.0 Å². The molecule has 0 saturated carbocycles. The lowest BCUT2D eigenvalue weighted by Gasteiger charge is -2.39. The zero-order valence-electron chi connectivity index (χ0n) is 18.7. The van der Waals surface area contributed by atoms with Crippen LogP contribution in [0.15, 0.2) is 36.7 Å². The molecular formula is C24H30FN5O2. The fraction of sp³-hybridized carbons (Fsp3) is 0.417. The summed E-state index contributed by atoms with van der Waals surface area (Å²) in [6.45, 7) is 5.86. The van der Waals surface area contributed by atoms with Gasteiger partial charge in [-0.25, -0.2) is 9.37 Å². The lowest BCUT2D eigenvalue weighted by atomic mass is 9.89. The molecule has 1 aliphatic heterocycles. The molecule has 0 unspecified atom stereocenters. The average Bonchev–Trinajstić information content (AvgIpc) is 3.14. The van der Waals surface area contributed by atoms with Gasteiger partial charge in [0.15, 0.2) is 11.6 Å². The van der Waals surface area contributed by atoms with Gasteiger partial charge in [-0.1, -0.05) is 6.07 Å². The van der Waals surface area contributed by atoms with Crippen LogP contribution in [0, 0.1) is 12.7 Å². The summed E-state index contributed by atoms with van der Waals surface area (Å²) in [5.74, 6) is -0.0722. The molecule has 1 amide bonds. The Kier molecular flexibility index (Phi) is 6.17. The number of aromatic amines is 1. The molecule has 0 bridgehead atoms. The van der Waals surface area contributed by atoms with Crippen molar-refractivity contribution in [2.75, 3.05) is 20.1 Å². The number of H-pyrrole nitrogens is 1. The number of halogens is 1. The van der Waals surface area contributed by atoms with Crippen LogP contribution in [0.1, 0.15) is 30.9 Å². The Morgan fingerprint density at radius 2 is 2.09 bits per heavy atom. The highest BCUT2D eigenvalue weighted by atomic mass is 19.1. The van der Waals surface area contributed by atoms with E-state index in [9.17, 15) is 9.18 Å². The van der Waals surface area contributed by atoms with Crippen molar-refractivity contribution in [3.05, 3.63) is 53.6 Å². The van der Waals surface area contributed by atoms with Crippen molar-refractivity contribution in [1.29, 1.82) is 0 Å². The summed E-state index contributed by atoms with van der Waals surface area (Å²) in [6, 6.07) is 5.65. The number of amides is 1. The number of pyridine rings is 1. The van der Waals surface area contributed by atoms with E-state index in [4.69, 9.17) is 10.5 Å². The van der Waals surface area contributed by atoms with E-state index in [1.165, 1.54) is 6.07 Å². The van der Waals surface area contributed by atoms with Crippen molar-refractivity contribution < 1.29 is 13.9 Å². The maximum atomic E-state index is 14.8. The second-order valence-corrected chi connectivity index (χ2v) is 9.04. The molecule has 0 spiro atoms. The van der Waals surface area contributed by atoms with Crippen molar-refractivity contribution in [3.8, 4) is 11.5 Å². The molecule has 1 atom stereocenters. The number of rotatable bonds is 6. The molecule has 1 saturated heterocycles. The number of likely N-dealkylation sites (tertiary alicyclic amines) is 1. The van der Waals surface area contributed by atoms with Gasteiger partial charge < -0.3 is 25.7 Å². The van der Waals surface area contributed by atoms with Crippen molar-refractivity contribution >= 4 is 16.9 Å². The molecule has 0 radical (unpaired) electrons. The molecule has 1 aliphatic rings. The summed E-state index contributed by atoms with van der Waals surface area (Å²) in [5, 5.41) is 3.91. The maximum Gasteiger partial charge on any atom is 0.237 e. The maximum absolute atomic E-state index is 14.8. The van der Waals surface area contributed by atoms with Crippen LogP contribution in [0.2, 0.25) is 0 Å². The van der Waals surface area contributed by atoms with Crippen LogP contribution in [-0.4, -0.2) is 52.5 Å². The smallest absolute Gasteiger partial charge is 0.237 e. The number of hydrogen-bond acceptors (Lipinski definition) is 5. The topological polar surface area (TPSA) is 96.3 Å². The lowest BCUT2D eigenvalue weighted by Crippen LogP contribution is -2.56. The molecule has 3 heterocycles. The van der Waals surface area contributed by atoms with E-state index in [0.717, 1.165) is 36.9 Å². The van der Waals surface area contributed by atoms with Crippen molar-refractivity contribution in [2.24, 2.45) is 5.73 Å². The van der Waals surface area contributed by atoms with Gasteiger partial charge in [-0.05, 0) is 69.5 Å². The van der Waals surface area contributed by atoms with E-state index in [0.29, 0.717) is 17.0 Å². The highest BCUT2D eigenvalue weighted by molar-refractivity contribution is 5.86. The largest absolute Gasteiger partial charge is 0.453 e. The highest BCUT2D eigenvalue weighted by Gasteiger charge is 2.31. The van der Waals surface area contributed by atoms with Crippen molar-refractivity contribution in [3.63, 3.8) is 0 Å². The number of carbonyl (C=O) groups is 1. The molecule has 7 nitrogen and oxygen atoms in total. The van der Waals surface area contributed by atoms with E-state index in [1.807, 2.05) is 13.1 Å². The Balaban J connectivity index is 1.42. The SMILES string of the molecule is Cc1c[nH]c2nccc(Oc3ccc(C[C@H](N)C(=O)NC4(C)CCN(C)CC4)cc3F)c12. The number of nitrogens with one attached hydrogen (secondary N) is 2.